The van der Waals surface area contributed by atoms with Gasteiger partial charge in [-0.15, -0.1) is 0 Å². The number of hydrogen-bond donors (Lipinski definition) is 1. The van der Waals surface area contributed by atoms with Gasteiger partial charge in [0.05, 0.1) is 26.4 Å². The Kier molecular flexibility index (Phi) is 6.45. The molecule has 1 N–H and O–H groups in total. The molecule has 0 aromatic heterocycles. The van der Waals surface area contributed by atoms with Crippen LogP contribution in [0.15, 0.2) is 18.2 Å². The first kappa shape index (κ1) is 16.2. The van der Waals surface area contributed by atoms with E-state index in [4.69, 9.17) is 18.9 Å². The van der Waals surface area contributed by atoms with Gasteiger partial charge in [0.1, 0.15) is 11.9 Å². The molecule has 5 heteroatoms. The van der Waals surface area contributed by atoms with Crippen LogP contribution in [0.25, 0.3) is 0 Å². The summed E-state index contributed by atoms with van der Waals surface area (Å²) in [5.41, 5.74) is 2.02. The predicted octanol–water partition coefficient (Wildman–Crippen LogP) is 1.72. The number of fused-ring (bicyclic) bond motifs is 1. The maximum Gasteiger partial charge on any atom is 0.119 e. The van der Waals surface area contributed by atoms with E-state index in [1.54, 1.807) is 14.2 Å². The van der Waals surface area contributed by atoms with Crippen molar-refractivity contribution in [1.82, 2.24) is 0 Å². The van der Waals surface area contributed by atoms with Gasteiger partial charge in [-0.25, -0.2) is 0 Å². The Morgan fingerprint density at radius 2 is 2.00 bits per heavy atom. The van der Waals surface area contributed by atoms with Gasteiger partial charge in [0.25, 0.3) is 0 Å². The predicted molar refractivity (Wildman–Crippen MR) is 78.7 cm³/mol. The lowest BCUT2D eigenvalue weighted by Crippen LogP contribution is -2.21. The molecule has 0 amide bonds. The average Bonchev–Trinajstić information content (AvgIpc) is 2.82. The van der Waals surface area contributed by atoms with Crippen molar-refractivity contribution in [3.05, 3.63) is 29.3 Å². The van der Waals surface area contributed by atoms with E-state index in [0.29, 0.717) is 26.4 Å². The van der Waals surface area contributed by atoms with Crippen LogP contribution < -0.4 is 4.74 Å². The van der Waals surface area contributed by atoms with Crippen molar-refractivity contribution in [2.24, 2.45) is 0 Å². The molecule has 118 valence electrons. The van der Waals surface area contributed by atoms with E-state index < -0.39 is 6.10 Å². The lowest BCUT2D eigenvalue weighted by atomic mass is 10.1. The van der Waals surface area contributed by atoms with Gasteiger partial charge in [-0.2, -0.15) is 0 Å². The summed E-state index contributed by atoms with van der Waals surface area (Å²) in [7, 11) is 3.30. The molecule has 1 aliphatic carbocycles. The summed E-state index contributed by atoms with van der Waals surface area (Å²) in [6.45, 7) is 2.40. The third-order valence-electron chi connectivity index (χ3n) is 3.64. The summed E-state index contributed by atoms with van der Waals surface area (Å²) in [6.07, 6.45) is 0.816. The lowest BCUT2D eigenvalue weighted by molar-refractivity contribution is -0.0493. The van der Waals surface area contributed by atoms with Crippen LogP contribution in [-0.2, 0) is 20.6 Å². The Labute approximate surface area is 125 Å². The smallest absolute Gasteiger partial charge is 0.119 e. The molecule has 1 aromatic rings. The molecule has 2 unspecified atom stereocenters. The zero-order valence-electron chi connectivity index (χ0n) is 12.7. The zero-order chi connectivity index (χ0) is 15.1. The van der Waals surface area contributed by atoms with Crippen LogP contribution >= 0.6 is 0 Å². The summed E-state index contributed by atoms with van der Waals surface area (Å²) in [5, 5.41) is 10.3. The Hall–Kier alpha value is -1.14. The van der Waals surface area contributed by atoms with E-state index in [2.05, 4.69) is 0 Å². The Morgan fingerprint density at radius 1 is 1.14 bits per heavy atom. The molecule has 0 saturated heterocycles. The third kappa shape index (κ3) is 4.41. The molecule has 2 rings (SSSR count). The summed E-state index contributed by atoms with van der Waals surface area (Å²) in [4.78, 5) is 0. The van der Waals surface area contributed by atoms with Gasteiger partial charge in [0, 0.05) is 26.7 Å². The topological polar surface area (TPSA) is 57.2 Å². The highest BCUT2D eigenvalue weighted by Gasteiger charge is 2.31. The molecule has 2 atom stereocenters. The van der Waals surface area contributed by atoms with Crippen molar-refractivity contribution in [3.63, 3.8) is 0 Å². The van der Waals surface area contributed by atoms with Crippen molar-refractivity contribution in [1.29, 1.82) is 0 Å². The zero-order valence-corrected chi connectivity index (χ0v) is 12.7. The van der Waals surface area contributed by atoms with Crippen LogP contribution in [-0.4, -0.2) is 51.9 Å². The Balaban J connectivity index is 1.72. The van der Waals surface area contributed by atoms with Crippen LogP contribution in [0.3, 0.4) is 0 Å². The lowest BCUT2D eigenvalue weighted by Gasteiger charge is -2.16. The van der Waals surface area contributed by atoms with Gasteiger partial charge in [-0.1, -0.05) is 6.07 Å². The van der Waals surface area contributed by atoms with Crippen LogP contribution in [0.5, 0.6) is 5.75 Å². The quantitative estimate of drug-likeness (QED) is 0.703. The SMILES string of the molecule is COCCCOCCOC1Cc2ccc(OC)cc2C1O. The number of ether oxygens (including phenoxy) is 4. The molecule has 0 aliphatic heterocycles. The number of aliphatic hydroxyl groups excluding tert-OH is 1. The second kappa shape index (κ2) is 8.34. The van der Waals surface area contributed by atoms with E-state index >= 15 is 0 Å². The molecule has 1 aliphatic rings. The number of benzene rings is 1. The second-order valence-corrected chi connectivity index (χ2v) is 5.08. The monoisotopic (exact) mass is 296 g/mol. The van der Waals surface area contributed by atoms with E-state index in [9.17, 15) is 5.11 Å². The molecule has 0 heterocycles. The van der Waals surface area contributed by atoms with Gasteiger partial charge in [-0.05, 0) is 29.7 Å². The number of aliphatic hydroxyl groups is 1. The summed E-state index contributed by atoms with van der Waals surface area (Å²) in [6, 6.07) is 5.78. The minimum atomic E-state index is -0.594. The Bertz CT molecular complexity index is 435. The molecule has 0 saturated carbocycles. The van der Waals surface area contributed by atoms with Crippen molar-refractivity contribution in [3.8, 4) is 5.75 Å². The van der Waals surface area contributed by atoms with Gasteiger partial charge in [0.15, 0.2) is 0 Å². The maximum atomic E-state index is 10.3. The van der Waals surface area contributed by atoms with E-state index in [1.165, 1.54) is 0 Å². The number of methoxy groups -OCH3 is 2. The van der Waals surface area contributed by atoms with Gasteiger partial charge in [-0.3, -0.25) is 0 Å². The molecule has 0 radical (unpaired) electrons. The van der Waals surface area contributed by atoms with Crippen molar-refractivity contribution >= 4 is 0 Å². The summed E-state index contributed by atoms with van der Waals surface area (Å²) >= 11 is 0. The number of hydrogen-bond acceptors (Lipinski definition) is 5. The second-order valence-electron chi connectivity index (χ2n) is 5.08. The van der Waals surface area contributed by atoms with Crippen LogP contribution in [0.1, 0.15) is 23.7 Å². The van der Waals surface area contributed by atoms with Gasteiger partial charge >= 0.3 is 0 Å². The first-order valence-corrected chi connectivity index (χ1v) is 7.29. The van der Waals surface area contributed by atoms with Crippen LogP contribution in [0.2, 0.25) is 0 Å². The maximum absolute atomic E-state index is 10.3. The third-order valence-corrected chi connectivity index (χ3v) is 3.64. The van der Waals surface area contributed by atoms with Crippen molar-refractivity contribution < 1.29 is 24.1 Å². The highest BCUT2D eigenvalue weighted by molar-refractivity contribution is 5.41. The van der Waals surface area contributed by atoms with Crippen LogP contribution in [0, 0.1) is 0 Å². The summed E-state index contributed by atoms with van der Waals surface area (Å²) < 4.78 is 21.3. The number of rotatable bonds is 9. The van der Waals surface area contributed by atoms with Crippen molar-refractivity contribution in [2.45, 2.75) is 25.0 Å². The molecule has 1 aromatic carbocycles. The van der Waals surface area contributed by atoms with Gasteiger partial charge in [0.2, 0.25) is 0 Å². The van der Waals surface area contributed by atoms with E-state index in [-0.39, 0.29) is 6.10 Å². The van der Waals surface area contributed by atoms with E-state index in [1.807, 2.05) is 18.2 Å². The normalized spacial score (nSPS) is 20.5. The van der Waals surface area contributed by atoms with Crippen LogP contribution in [0.4, 0.5) is 0 Å². The Morgan fingerprint density at radius 3 is 2.76 bits per heavy atom. The molecule has 21 heavy (non-hydrogen) atoms. The molecule has 0 bridgehead atoms. The molecule has 5 nitrogen and oxygen atoms in total. The molecular formula is C16H24O5. The average molecular weight is 296 g/mol. The minimum absolute atomic E-state index is 0.199. The fourth-order valence-corrected chi connectivity index (χ4v) is 2.51. The molecular weight excluding hydrogens is 272 g/mol. The fourth-order valence-electron chi connectivity index (χ4n) is 2.51. The first-order chi connectivity index (χ1) is 10.3. The molecule has 0 spiro atoms. The van der Waals surface area contributed by atoms with Crippen molar-refractivity contribution in [2.75, 3.05) is 40.6 Å². The minimum Gasteiger partial charge on any atom is -0.497 e. The highest BCUT2D eigenvalue weighted by atomic mass is 16.5. The largest absolute Gasteiger partial charge is 0.497 e. The highest BCUT2D eigenvalue weighted by Crippen LogP contribution is 2.35. The summed E-state index contributed by atoms with van der Waals surface area (Å²) in [5.74, 6) is 0.759. The fraction of sp³-hybridized carbons (Fsp3) is 0.625. The first-order valence-electron chi connectivity index (χ1n) is 7.29. The molecule has 0 fully saturated rings. The van der Waals surface area contributed by atoms with E-state index in [0.717, 1.165) is 29.7 Å². The standard InChI is InChI=1S/C16H24O5/c1-18-6-3-7-20-8-9-21-15-10-12-4-5-13(19-2)11-14(12)16(15)17/h4-5,11,15-17H,3,6-10H2,1-2H3. The van der Waals surface area contributed by atoms with Gasteiger partial charge < -0.3 is 24.1 Å².